The van der Waals surface area contributed by atoms with Crippen molar-refractivity contribution in [2.45, 2.75) is 6.18 Å². The lowest BCUT2D eigenvalue weighted by Gasteiger charge is -1.95. The molecule has 0 atom stereocenters. The lowest BCUT2D eigenvalue weighted by atomic mass is 10.7. The maximum absolute atomic E-state index is 11.5. The van der Waals surface area contributed by atoms with Crippen molar-refractivity contribution < 1.29 is 17.6 Å². The fourth-order valence-electron chi connectivity index (χ4n) is 0.349. The third kappa shape index (κ3) is 1.17. The molecule has 0 fully saturated rings. The van der Waals surface area contributed by atoms with Crippen LogP contribution in [-0.2, 0) is 6.18 Å². The molecule has 0 saturated carbocycles. The molecule has 2 N–H and O–H groups in total. The molecule has 0 aliphatic rings. The Labute approximate surface area is 52.8 Å². The predicted octanol–water partition coefficient (Wildman–Crippen LogP) is 0.671. The summed E-state index contributed by atoms with van der Waals surface area (Å²) in [7, 11) is 0. The van der Waals surface area contributed by atoms with Gasteiger partial charge < -0.3 is 10.2 Å². The first kappa shape index (κ1) is 6.84. The van der Waals surface area contributed by atoms with E-state index in [1.54, 1.807) is 0 Å². The Bertz CT molecular complexity index is 229. The van der Waals surface area contributed by atoms with Crippen LogP contribution in [0.15, 0.2) is 4.42 Å². The van der Waals surface area contributed by atoms with Gasteiger partial charge in [-0.1, -0.05) is 5.10 Å². The molecule has 0 aliphatic carbocycles. The minimum Gasteiger partial charge on any atom is -0.400 e. The van der Waals surface area contributed by atoms with Crippen LogP contribution in [0.2, 0.25) is 0 Å². The highest BCUT2D eigenvalue weighted by Gasteiger charge is 2.37. The summed E-state index contributed by atoms with van der Waals surface area (Å²) in [6.07, 6.45) is -4.61. The molecule has 1 aromatic rings. The Morgan fingerprint density at radius 1 is 1.30 bits per heavy atom. The van der Waals surface area contributed by atoms with Crippen molar-refractivity contribution >= 4 is 6.01 Å². The topological polar surface area (TPSA) is 64.9 Å². The fourth-order valence-corrected chi connectivity index (χ4v) is 0.349. The van der Waals surface area contributed by atoms with Crippen molar-refractivity contribution in [1.29, 1.82) is 0 Å². The van der Waals surface area contributed by atoms with Gasteiger partial charge in [0.05, 0.1) is 0 Å². The van der Waals surface area contributed by atoms with Gasteiger partial charge in [-0.25, -0.2) is 0 Å². The van der Waals surface area contributed by atoms with Crippen LogP contribution in [0.5, 0.6) is 0 Å². The van der Waals surface area contributed by atoms with Gasteiger partial charge >= 0.3 is 18.1 Å². The molecular weight excluding hydrogens is 151 g/mol. The zero-order valence-electron chi connectivity index (χ0n) is 4.51. The van der Waals surface area contributed by atoms with E-state index < -0.39 is 18.1 Å². The van der Waals surface area contributed by atoms with E-state index in [1.165, 1.54) is 0 Å². The number of nitrogens with two attached hydrogens (primary N) is 1. The van der Waals surface area contributed by atoms with Gasteiger partial charge in [0.1, 0.15) is 0 Å². The Morgan fingerprint density at radius 2 is 1.90 bits per heavy atom. The Morgan fingerprint density at radius 3 is 2.10 bits per heavy atom. The first-order valence-electron chi connectivity index (χ1n) is 2.16. The van der Waals surface area contributed by atoms with Gasteiger partial charge in [0.15, 0.2) is 0 Å². The number of anilines is 1. The average Bonchev–Trinajstić information content (AvgIpc) is 2.11. The van der Waals surface area contributed by atoms with Crippen LogP contribution < -0.4 is 5.73 Å². The number of alkyl halides is 3. The SMILES string of the molecule is Nc1nnc(C(F)(F)F)o1. The lowest BCUT2D eigenvalue weighted by Crippen LogP contribution is -2.04. The highest BCUT2D eigenvalue weighted by atomic mass is 19.4. The molecule has 0 aromatic carbocycles. The van der Waals surface area contributed by atoms with Crippen molar-refractivity contribution in [3.05, 3.63) is 5.89 Å². The van der Waals surface area contributed by atoms with Crippen molar-refractivity contribution in [1.82, 2.24) is 10.2 Å². The van der Waals surface area contributed by atoms with Crippen molar-refractivity contribution in [3.63, 3.8) is 0 Å². The molecular formula is C3H2F3N3O. The van der Waals surface area contributed by atoms with E-state index in [0.717, 1.165) is 0 Å². The molecule has 0 bridgehead atoms. The van der Waals surface area contributed by atoms with E-state index >= 15 is 0 Å². The second-order valence-corrected chi connectivity index (χ2v) is 1.44. The monoisotopic (exact) mass is 153 g/mol. The largest absolute Gasteiger partial charge is 0.470 e. The third-order valence-electron chi connectivity index (χ3n) is 0.683. The quantitative estimate of drug-likeness (QED) is 0.594. The number of nitrogens with zero attached hydrogens (tertiary/aromatic N) is 2. The average molecular weight is 153 g/mol. The number of hydrogen-bond acceptors (Lipinski definition) is 4. The van der Waals surface area contributed by atoms with Gasteiger partial charge in [0, 0.05) is 0 Å². The third-order valence-corrected chi connectivity index (χ3v) is 0.683. The molecule has 0 saturated heterocycles. The summed E-state index contributed by atoms with van der Waals surface area (Å²) in [5, 5.41) is 5.44. The summed E-state index contributed by atoms with van der Waals surface area (Å²) in [6.45, 7) is 0. The maximum Gasteiger partial charge on any atom is 0.470 e. The Hall–Kier alpha value is -1.27. The van der Waals surface area contributed by atoms with Crippen LogP contribution in [0.1, 0.15) is 5.89 Å². The van der Waals surface area contributed by atoms with E-state index in [1.807, 2.05) is 0 Å². The summed E-state index contributed by atoms with van der Waals surface area (Å²) < 4.78 is 38.5. The number of rotatable bonds is 0. The van der Waals surface area contributed by atoms with Crippen LogP contribution in [0.3, 0.4) is 0 Å². The zero-order chi connectivity index (χ0) is 7.78. The first-order chi connectivity index (χ1) is 4.50. The summed E-state index contributed by atoms with van der Waals surface area (Å²) in [6, 6.07) is -0.590. The molecule has 1 heterocycles. The molecule has 56 valence electrons. The van der Waals surface area contributed by atoms with Gasteiger partial charge in [-0.15, -0.1) is 5.10 Å². The van der Waals surface area contributed by atoms with Crippen molar-refractivity contribution in [3.8, 4) is 0 Å². The highest BCUT2D eigenvalue weighted by Crippen LogP contribution is 2.27. The molecule has 7 heteroatoms. The van der Waals surface area contributed by atoms with E-state index in [2.05, 4.69) is 14.6 Å². The van der Waals surface area contributed by atoms with Crippen LogP contribution >= 0.6 is 0 Å². The van der Waals surface area contributed by atoms with Crippen LogP contribution in [0, 0.1) is 0 Å². The standard InChI is InChI=1S/C3H2F3N3O/c4-3(5,6)1-8-9-2(7)10-1/h(H2,7,9). The number of aromatic nitrogens is 2. The first-order valence-corrected chi connectivity index (χ1v) is 2.16. The minimum atomic E-state index is -4.61. The van der Waals surface area contributed by atoms with Crippen molar-refractivity contribution in [2.75, 3.05) is 5.73 Å². The van der Waals surface area contributed by atoms with Crippen LogP contribution in [0.25, 0.3) is 0 Å². The zero-order valence-corrected chi connectivity index (χ0v) is 4.51. The Balaban J connectivity index is 2.96. The lowest BCUT2D eigenvalue weighted by molar-refractivity contribution is -0.156. The van der Waals surface area contributed by atoms with Gasteiger partial charge in [-0.05, 0) is 0 Å². The summed E-state index contributed by atoms with van der Waals surface area (Å²) >= 11 is 0. The minimum absolute atomic E-state index is 0.590. The van der Waals surface area contributed by atoms with Crippen LogP contribution in [0.4, 0.5) is 19.2 Å². The molecule has 4 nitrogen and oxygen atoms in total. The second kappa shape index (κ2) is 1.86. The summed E-state index contributed by atoms with van der Waals surface area (Å²) in [5.74, 6) is -1.43. The van der Waals surface area contributed by atoms with Gasteiger partial charge in [0.25, 0.3) is 0 Å². The normalized spacial score (nSPS) is 11.9. The number of halogens is 3. The second-order valence-electron chi connectivity index (χ2n) is 1.44. The molecule has 0 unspecified atom stereocenters. The molecule has 10 heavy (non-hydrogen) atoms. The smallest absolute Gasteiger partial charge is 0.400 e. The van der Waals surface area contributed by atoms with Gasteiger partial charge in [-0.3, -0.25) is 0 Å². The van der Waals surface area contributed by atoms with Crippen molar-refractivity contribution in [2.24, 2.45) is 0 Å². The molecule has 0 spiro atoms. The maximum atomic E-state index is 11.5. The van der Waals surface area contributed by atoms with E-state index in [4.69, 9.17) is 5.73 Å². The number of hydrogen-bond donors (Lipinski definition) is 1. The van der Waals surface area contributed by atoms with E-state index in [9.17, 15) is 13.2 Å². The number of nitrogen functional groups attached to an aromatic ring is 1. The summed E-state index contributed by atoms with van der Waals surface area (Å²) in [4.78, 5) is 0. The molecule has 1 rings (SSSR count). The molecule has 0 radical (unpaired) electrons. The Kier molecular flexibility index (Phi) is 1.27. The van der Waals surface area contributed by atoms with E-state index in [0.29, 0.717) is 0 Å². The molecule has 0 aliphatic heterocycles. The predicted molar refractivity (Wildman–Crippen MR) is 23.7 cm³/mol. The highest BCUT2D eigenvalue weighted by molar-refractivity contribution is 5.05. The molecule has 0 amide bonds. The van der Waals surface area contributed by atoms with Gasteiger partial charge in [0.2, 0.25) is 0 Å². The molecule has 1 aromatic heterocycles. The van der Waals surface area contributed by atoms with Gasteiger partial charge in [-0.2, -0.15) is 13.2 Å². The summed E-state index contributed by atoms with van der Waals surface area (Å²) in [5.41, 5.74) is 4.73. The van der Waals surface area contributed by atoms with Crippen LogP contribution in [-0.4, -0.2) is 10.2 Å². The fraction of sp³-hybridized carbons (Fsp3) is 0.333. The van der Waals surface area contributed by atoms with E-state index in [-0.39, 0.29) is 0 Å².